The van der Waals surface area contributed by atoms with E-state index in [1.807, 2.05) is 42.5 Å². The third-order valence-corrected chi connectivity index (χ3v) is 5.27. The van der Waals surface area contributed by atoms with Crippen LogP contribution in [0.2, 0.25) is 0 Å². The van der Waals surface area contributed by atoms with E-state index in [-0.39, 0.29) is 6.04 Å². The number of nitrogens with one attached hydrogen (secondary N) is 3. The van der Waals surface area contributed by atoms with E-state index in [0.29, 0.717) is 23.3 Å². The second kappa shape index (κ2) is 9.12. The van der Waals surface area contributed by atoms with Crippen molar-refractivity contribution in [3.05, 3.63) is 66.0 Å². The molecule has 7 nitrogen and oxygen atoms in total. The predicted octanol–water partition coefficient (Wildman–Crippen LogP) is 4.19. The number of aromatic nitrogens is 3. The van der Waals surface area contributed by atoms with Crippen molar-refractivity contribution in [3.8, 4) is 11.4 Å². The van der Waals surface area contributed by atoms with Crippen LogP contribution in [0.4, 0.5) is 5.69 Å². The highest BCUT2D eigenvalue weighted by Crippen LogP contribution is 2.38. The second-order valence-corrected chi connectivity index (χ2v) is 8.42. The van der Waals surface area contributed by atoms with E-state index in [1.165, 1.54) is 0 Å². The largest absolute Gasteiger partial charge is 0.341 e. The van der Waals surface area contributed by atoms with Gasteiger partial charge in [-0.3, -0.25) is 14.7 Å². The molecule has 4 rings (SSSR count). The van der Waals surface area contributed by atoms with Gasteiger partial charge in [0.25, 0.3) is 0 Å². The van der Waals surface area contributed by atoms with Crippen LogP contribution in [-0.4, -0.2) is 27.0 Å². The maximum absolute atomic E-state index is 12.6. The number of H-pyrrole nitrogens is 1. The van der Waals surface area contributed by atoms with Gasteiger partial charge in [-0.2, -0.15) is 5.10 Å². The molecule has 3 aromatic rings. The molecule has 0 saturated heterocycles. The van der Waals surface area contributed by atoms with Crippen LogP contribution < -0.4 is 10.6 Å². The Balaban J connectivity index is 1.42. The Bertz CT molecular complexity index is 1060. The number of rotatable bonds is 7. The molecule has 0 spiro atoms. The molecule has 2 amide bonds. The number of aromatic amines is 1. The van der Waals surface area contributed by atoms with E-state index in [0.717, 1.165) is 36.2 Å². The maximum Gasteiger partial charge on any atom is 0.313 e. The quantitative estimate of drug-likeness (QED) is 0.502. The molecule has 31 heavy (non-hydrogen) atoms. The maximum atomic E-state index is 12.6. The molecule has 1 aliphatic rings. The predicted molar refractivity (Wildman–Crippen MR) is 119 cm³/mol. The molecule has 0 bridgehead atoms. The monoisotopic (exact) mass is 417 g/mol. The van der Waals surface area contributed by atoms with Crippen LogP contribution >= 0.6 is 0 Å². The molecule has 1 saturated carbocycles. The third-order valence-electron chi connectivity index (χ3n) is 5.27. The summed E-state index contributed by atoms with van der Waals surface area (Å²) in [7, 11) is 0. The van der Waals surface area contributed by atoms with E-state index < -0.39 is 11.8 Å². The highest BCUT2D eigenvalue weighted by Gasteiger charge is 2.27. The lowest BCUT2D eigenvalue weighted by Gasteiger charge is -2.21. The van der Waals surface area contributed by atoms with Crippen LogP contribution in [-0.2, 0) is 9.59 Å². The molecule has 160 valence electrons. The summed E-state index contributed by atoms with van der Waals surface area (Å²) in [6.07, 6.45) is 3.02. The minimum atomic E-state index is -0.699. The van der Waals surface area contributed by atoms with Gasteiger partial charge < -0.3 is 10.6 Å². The van der Waals surface area contributed by atoms with E-state index in [4.69, 9.17) is 0 Å². The van der Waals surface area contributed by atoms with Crippen molar-refractivity contribution in [3.63, 3.8) is 0 Å². The smallest absolute Gasteiger partial charge is 0.313 e. The molecule has 0 aliphatic heterocycles. The van der Waals surface area contributed by atoms with Crippen LogP contribution in [0.25, 0.3) is 11.4 Å². The Morgan fingerprint density at radius 3 is 2.55 bits per heavy atom. The van der Waals surface area contributed by atoms with Gasteiger partial charge in [0, 0.05) is 17.2 Å². The highest BCUT2D eigenvalue weighted by molar-refractivity contribution is 6.39. The molecule has 3 N–H and O–H groups in total. The first kappa shape index (κ1) is 20.8. The van der Waals surface area contributed by atoms with Gasteiger partial charge in [-0.15, -0.1) is 0 Å². The van der Waals surface area contributed by atoms with Crippen molar-refractivity contribution in [2.75, 3.05) is 5.32 Å². The van der Waals surface area contributed by atoms with Crippen molar-refractivity contribution < 1.29 is 9.59 Å². The molecule has 1 aromatic heterocycles. The summed E-state index contributed by atoms with van der Waals surface area (Å²) in [5, 5.41) is 12.8. The summed E-state index contributed by atoms with van der Waals surface area (Å²) in [5.74, 6) is 0.983. The molecule has 0 radical (unpaired) electrons. The van der Waals surface area contributed by atoms with Gasteiger partial charge in [-0.25, -0.2) is 4.98 Å². The normalized spacial score (nSPS) is 14.3. The average Bonchev–Trinajstić information content (AvgIpc) is 3.50. The van der Waals surface area contributed by atoms with Gasteiger partial charge in [0.15, 0.2) is 5.82 Å². The zero-order valence-electron chi connectivity index (χ0n) is 17.8. The van der Waals surface area contributed by atoms with Crippen molar-refractivity contribution in [2.45, 2.75) is 45.1 Å². The minimum Gasteiger partial charge on any atom is -0.341 e. The number of carbonyl (C=O) groups excluding carboxylic acids is 2. The highest BCUT2D eigenvalue weighted by atomic mass is 16.2. The zero-order chi connectivity index (χ0) is 21.8. The number of hydrogen-bond acceptors (Lipinski definition) is 4. The molecule has 2 aromatic carbocycles. The van der Waals surface area contributed by atoms with Crippen LogP contribution in [0.3, 0.4) is 0 Å². The number of anilines is 1. The fourth-order valence-corrected chi connectivity index (χ4v) is 3.53. The summed E-state index contributed by atoms with van der Waals surface area (Å²) < 4.78 is 0. The van der Waals surface area contributed by atoms with Crippen molar-refractivity contribution in [2.24, 2.45) is 5.92 Å². The van der Waals surface area contributed by atoms with Crippen LogP contribution in [0.15, 0.2) is 54.6 Å². The minimum absolute atomic E-state index is 0.222. The van der Waals surface area contributed by atoms with E-state index in [2.05, 4.69) is 39.7 Å². The number of amides is 2. The first-order valence-corrected chi connectivity index (χ1v) is 10.7. The summed E-state index contributed by atoms with van der Waals surface area (Å²) in [6.45, 7) is 4.18. The van der Waals surface area contributed by atoms with Crippen LogP contribution in [0.5, 0.6) is 0 Å². The van der Waals surface area contributed by atoms with Crippen LogP contribution in [0, 0.1) is 5.92 Å². The fraction of sp³-hybridized carbons (Fsp3) is 0.333. The van der Waals surface area contributed by atoms with Crippen molar-refractivity contribution in [1.29, 1.82) is 0 Å². The Morgan fingerprint density at radius 1 is 1.06 bits per heavy atom. The van der Waals surface area contributed by atoms with Gasteiger partial charge in [-0.1, -0.05) is 56.3 Å². The van der Waals surface area contributed by atoms with Gasteiger partial charge in [-0.05, 0) is 42.9 Å². The molecule has 1 atom stereocenters. The summed E-state index contributed by atoms with van der Waals surface area (Å²) in [6, 6.07) is 16.7. The van der Waals surface area contributed by atoms with Crippen LogP contribution in [0.1, 0.15) is 56.5 Å². The zero-order valence-corrected chi connectivity index (χ0v) is 17.8. The number of nitrogens with zero attached hydrogens (tertiary/aromatic N) is 2. The first-order valence-electron chi connectivity index (χ1n) is 10.7. The summed E-state index contributed by atoms with van der Waals surface area (Å²) in [4.78, 5) is 29.7. The van der Waals surface area contributed by atoms with Crippen molar-refractivity contribution in [1.82, 2.24) is 20.5 Å². The van der Waals surface area contributed by atoms with E-state index in [1.54, 1.807) is 12.1 Å². The molecule has 7 heteroatoms. The standard InChI is InChI=1S/C24H27N5O2/c1-15(2)13-20(16-7-4-3-5-8-16)26-24(31)23(30)25-19-10-6-9-18(14-19)22-27-21(28-29-22)17-11-12-17/h3-10,14-15,17,20H,11-13H2,1-2H3,(H,25,30)(H,26,31)(H,27,28,29)/t20-/m0/s1. The van der Waals surface area contributed by atoms with Gasteiger partial charge >= 0.3 is 11.8 Å². The fourth-order valence-electron chi connectivity index (χ4n) is 3.53. The topological polar surface area (TPSA) is 99.8 Å². The number of hydrogen-bond donors (Lipinski definition) is 3. The molecule has 1 heterocycles. The molecule has 1 fully saturated rings. The lowest BCUT2D eigenvalue weighted by atomic mass is 9.97. The molecule has 0 unspecified atom stereocenters. The van der Waals surface area contributed by atoms with Gasteiger partial charge in [0.05, 0.1) is 6.04 Å². The van der Waals surface area contributed by atoms with Crippen molar-refractivity contribution >= 4 is 17.5 Å². The third kappa shape index (κ3) is 5.36. The number of benzene rings is 2. The second-order valence-electron chi connectivity index (χ2n) is 8.42. The summed E-state index contributed by atoms with van der Waals surface area (Å²) >= 11 is 0. The number of carbonyl (C=O) groups is 2. The van der Waals surface area contributed by atoms with E-state index >= 15 is 0 Å². The summed E-state index contributed by atoms with van der Waals surface area (Å²) in [5.41, 5.74) is 2.29. The lowest BCUT2D eigenvalue weighted by molar-refractivity contribution is -0.136. The Morgan fingerprint density at radius 2 is 1.84 bits per heavy atom. The average molecular weight is 418 g/mol. The Kier molecular flexibility index (Phi) is 6.11. The SMILES string of the molecule is CC(C)C[C@H](NC(=O)C(=O)Nc1cccc(-c2n[nH]c(C3CC3)n2)c1)c1ccccc1. The molecular formula is C24H27N5O2. The van der Waals surface area contributed by atoms with Gasteiger partial charge in [0.1, 0.15) is 5.82 Å². The Labute approximate surface area is 181 Å². The molecule has 1 aliphatic carbocycles. The Hall–Kier alpha value is -3.48. The first-order chi connectivity index (χ1) is 15.0. The lowest BCUT2D eigenvalue weighted by Crippen LogP contribution is -2.38. The van der Waals surface area contributed by atoms with E-state index in [9.17, 15) is 9.59 Å². The molecular weight excluding hydrogens is 390 g/mol. The van der Waals surface area contributed by atoms with Gasteiger partial charge in [0.2, 0.25) is 0 Å².